The summed E-state index contributed by atoms with van der Waals surface area (Å²) in [6, 6.07) is 7.35. The van der Waals surface area contributed by atoms with Gasteiger partial charge in [0.05, 0.1) is 5.56 Å². The first kappa shape index (κ1) is 15.2. The third kappa shape index (κ3) is 3.03. The lowest BCUT2D eigenvalue weighted by atomic mass is 9.49. The van der Waals surface area contributed by atoms with Crippen molar-refractivity contribution in [1.82, 2.24) is 4.90 Å². The van der Waals surface area contributed by atoms with Gasteiger partial charge in [-0.1, -0.05) is 12.1 Å². The first-order valence-electron chi connectivity index (χ1n) is 9.02. The van der Waals surface area contributed by atoms with Crippen LogP contribution in [-0.2, 0) is 6.54 Å². The van der Waals surface area contributed by atoms with Crippen molar-refractivity contribution in [2.45, 2.75) is 45.1 Å². The summed E-state index contributed by atoms with van der Waals surface area (Å²) in [7, 11) is 2.23. The van der Waals surface area contributed by atoms with Crippen molar-refractivity contribution in [3.8, 4) is 0 Å². The molecule has 0 unspecified atom stereocenters. The largest absolute Gasteiger partial charge is 0.478 e. The molecule has 124 valence electrons. The molecule has 4 bridgehead atoms. The number of nitrogens with zero attached hydrogens (tertiary/aromatic N) is 1. The van der Waals surface area contributed by atoms with E-state index >= 15 is 0 Å². The molecule has 0 radical (unpaired) electrons. The molecule has 0 saturated heterocycles. The first-order chi connectivity index (χ1) is 11.0. The van der Waals surface area contributed by atoms with Crippen molar-refractivity contribution in [3.63, 3.8) is 0 Å². The topological polar surface area (TPSA) is 40.5 Å². The van der Waals surface area contributed by atoms with Crippen LogP contribution in [0.1, 0.15) is 54.4 Å². The number of benzene rings is 1. The Labute approximate surface area is 138 Å². The van der Waals surface area contributed by atoms with Gasteiger partial charge in [0.15, 0.2) is 0 Å². The van der Waals surface area contributed by atoms with Gasteiger partial charge in [-0.2, -0.15) is 0 Å². The predicted octanol–water partition coefficient (Wildman–Crippen LogP) is 4.03. The van der Waals surface area contributed by atoms with E-state index < -0.39 is 5.97 Å². The Balaban J connectivity index is 1.40. The van der Waals surface area contributed by atoms with Crippen LogP contribution in [-0.4, -0.2) is 29.6 Å². The molecule has 1 aromatic carbocycles. The smallest absolute Gasteiger partial charge is 0.335 e. The van der Waals surface area contributed by atoms with Gasteiger partial charge in [0.25, 0.3) is 0 Å². The number of aromatic carboxylic acids is 1. The molecule has 0 aliphatic heterocycles. The highest BCUT2D eigenvalue weighted by molar-refractivity contribution is 5.87. The predicted molar refractivity (Wildman–Crippen MR) is 90.3 cm³/mol. The molecular weight excluding hydrogens is 286 g/mol. The average Bonchev–Trinajstić information content (AvgIpc) is 2.45. The Morgan fingerprint density at radius 1 is 1.09 bits per heavy atom. The number of carboxylic acids is 1. The minimum absolute atomic E-state index is 0.373. The SMILES string of the molecule is CN(Cc1ccc(C(=O)O)cc1)CC12CC3CC(CC(C3)C1)C2. The number of hydrogen-bond donors (Lipinski definition) is 1. The summed E-state index contributed by atoms with van der Waals surface area (Å²) < 4.78 is 0. The van der Waals surface area contributed by atoms with Gasteiger partial charge in [-0.05, 0) is 86.4 Å². The van der Waals surface area contributed by atoms with Gasteiger partial charge >= 0.3 is 5.97 Å². The van der Waals surface area contributed by atoms with Gasteiger partial charge in [0, 0.05) is 13.1 Å². The molecule has 4 aliphatic carbocycles. The van der Waals surface area contributed by atoms with Gasteiger partial charge in [0.2, 0.25) is 0 Å². The van der Waals surface area contributed by atoms with Gasteiger partial charge < -0.3 is 10.0 Å². The first-order valence-corrected chi connectivity index (χ1v) is 9.02. The monoisotopic (exact) mass is 313 g/mol. The Morgan fingerprint density at radius 3 is 2.09 bits per heavy atom. The summed E-state index contributed by atoms with van der Waals surface area (Å²) in [6.45, 7) is 2.12. The molecule has 0 spiro atoms. The van der Waals surface area contributed by atoms with Crippen LogP contribution in [0.3, 0.4) is 0 Å². The van der Waals surface area contributed by atoms with Crippen LogP contribution in [0.25, 0.3) is 0 Å². The fourth-order valence-corrected chi connectivity index (χ4v) is 6.18. The second-order valence-corrected chi connectivity index (χ2v) is 8.59. The maximum atomic E-state index is 10.9. The molecule has 4 aliphatic rings. The maximum absolute atomic E-state index is 10.9. The molecule has 0 atom stereocenters. The summed E-state index contributed by atoms with van der Waals surface area (Å²) >= 11 is 0. The van der Waals surface area contributed by atoms with E-state index in [9.17, 15) is 4.79 Å². The van der Waals surface area contributed by atoms with Crippen LogP contribution >= 0.6 is 0 Å². The van der Waals surface area contributed by atoms with Crippen molar-refractivity contribution < 1.29 is 9.90 Å². The third-order valence-electron chi connectivity index (χ3n) is 6.42. The standard InChI is InChI=1S/C20H27NO2/c1-21(12-14-2-4-18(5-3-14)19(22)23)13-20-9-15-6-16(10-20)8-17(7-15)11-20/h2-5,15-17H,6-13H2,1H3,(H,22,23). The van der Waals surface area contributed by atoms with Crippen LogP contribution in [0.5, 0.6) is 0 Å². The van der Waals surface area contributed by atoms with Gasteiger partial charge in [-0.25, -0.2) is 4.79 Å². The second kappa shape index (κ2) is 5.62. The Morgan fingerprint density at radius 2 is 1.61 bits per heavy atom. The van der Waals surface area contributed by atoms with E-state index in [1.54, 1.807) is 12.1 Å². The quantitative estimate of drug-likeness (QED) is 0.892. The van der Waals surface area contributed by atoms with Gasteiger partial charge in [-0.3, -0.25) is 0 Å². The summed E-state index contributed by atoms with van der Waals surface area (Å²) in [5.74, 6) is 2.16. The van der Waals surface area contributed by atoms with E-state index in [1.807, 2.05) is 12.1 Å². The van der Waals surface area contributed by atoms with Gasteiger partial charge in [-0.15, -0.1) is 0 Å². The fourth-order valence-electron chi connectivity index (χ4n) is 6.18. The van der Waals surface area contributed by atoms with E-state index in [0.717, 1.165) is 24.3 Å². The summed E-state index contributed by atoms with van der Waals surface area (Å²) in [6.07, 6.45) is 8.84. The molecule has 1 N–H and O–H groups in total. The van der Waals surface area contributed by atoms with E-state index in [-0.39, 0.29) is 0 Å². The minimum Gasteiger partial charge on any atom is -0.478 e. The molecule has 3 nitrogen and oxygen atoms in total. The van der Waals surface area contributed by atoms with Crippen molar-refractivity contribution >= 4 is 5.97 Å². The lowest BCUT2D eigenvalue weighted by Gasteiger charge is -2.57. The summed E-state index contributed by atoms with van der Waals surface area (Å²) in [5, 5.41) is 8.99. The van der Waals surface area contributed by atoms with E-state index in [0.29, 0.717) is 11.0 Å². The zero-order chi connectivity index (χ0) is 16.0. The van der Waals surface area contributed by atoms with Crippen LogP contribution in [0.2, 0.25) is 0 Å². The molecule has 1 aromatic rings. The van der Waals surface area contributed by atoms with E-state index in [1.165, 1.54) is 50.6 Å². The molecule has 4 saturated carbocycles. The third-order valence-corrected chi connectivity index (χ3v) is 6.42. The number of hydrogen-bond acceptors (Lipinski definition) is 2. The molecular formula is C20H27NO2. The van der Waals surface area contributed by atoms with Crippen molar-refractivity contribution in [1.29, 1.82) is 0 Å². The normalized spacial score (nSPS) is 35.0. The Kier molecular flexibility index (Phi) is 3.72. The number of carboxylic acid groups (broad SMARTS) is 1. The number of rotatable bonds is 5. The lowest BCUT2D eigenvalue weighted by molar-refractivity contribution is -0.0670. The highest BCUT2D eigenvalue weighted by Gasteiger charge is 2.50. The van der Waals surface area contributed by atoms with Crippen molar-refractivity contribution in [2.24, 2.45) is 23.2 Å². The van der Waals surface area contributed by atoms with Crippen LogP contribution in [0.4, 0.5) is 0 Å². The minimum atomic E-state index is -0.849. The second-order valence-electron chi connectivity index (χ2n) is 8.59. The zero-order valence-electron chi connectivity index (χ0n) is 14.0. The van der Waals surface area contributed by atoms with Gasteiger partial charge in [0.1, 0.15) is 0 Å². The molecule has 0 amide bonds. The Bertz CT molecular complexity index is 557. The fraction of sp³-hybridized carbons (Fsp3) is 0.650. The van der Waals surface area contributed by atoms with Crippen molar-refractivity contribution in [3.05, 3.63) is 35.4 Å². The summed E-state index contributed by atoms with van der Waals surface area (Å²) in [5.41, 5.74) is 2.16. The van der Waals surface area contributed by atoms with E-state index in [4.69, 9.17) is 5.11 Å². The Hall–Kier alpha value is -1.35. The maximum Gasteiger partial charge on any atom is 0.335 e. The zero-order valence-corrected chi connectivity index (χ0v) is 14.0. The molecule has 0 heterocycles. The molecule has 0 aromatic heterocycles. The molecule has 23 heavy (non-hydrogen) atoms. The van der Waals surface area contributed by atoms with Crippen LogP contribution < -0.4 is 0 Å². The number of carbonyl (C=O) groups is 1. The molecule has 5 rings (SSSR count). The lowest BCUT2D eigenvalue weighted by Crippen LogP contribution is -2.50. The highest BCUT2D eigenvalue weighted by Crippen LogP contribution is 2.60. The molecule has 3 heteroatoms. The van der Waals surface area contributed by atoms with Crippen molar-refractivity contribution in [2.75, 3.05) is 13.6 Å². The molecule has 4 fully saturated rings. The highest BCUT2D eigenvalue weighted by atomic mass is 16.4. The summed E-state index contributed by atoms with van der Waals surface area (Å²) in [4.78, 5) is 13.4. The van der Waals surface area contributed by atoms with Crippen LogP contribution in [0, 0.1) is 23.2 Å². The van der Waals surface area contributed by atoms with Crippen LogP contribution in [0.15, 0.2) is 24.3 Å². The average molecular weight is 313 g/mol. The van der Waals surface area contributed by atoms with E-state index in [2.05, 4.69) is 11.9 Å².